The minimum Gasteiger partial charge on any atom is -0.508 e. The van der Waals surface area contributed by atoms with Gasteiger partial charge in [-0.3, -0.25) is 23.7 Å². The molecule has 0 radical (unpaired) electrons. The van der Waals surface area contributed by atoms with Crippen LogP contribution in [0.25, 0.3) is 0 Å². The smallest absolute Gasteiger partial charge is 0.308 e. The summed E-state index contributed by atoms with van der Waals surface area (Å²) in [6.07, 6.45) is 1.48. The maximum absolute atomic E-state index is 13.7. The molecule has 4 heterocycles. The van der Waals surface area contributed by atoms with Crippen LogP contribution in [0.1, 0.15) is 16.6 Å². The number of hydrogen-bond acceptors (Lipinski definition) is 8. The van der Waals surface area contributed by atoms with E-state index in [1.165, 1.54) is 23.0 Å². The molecule has 38 heavy (non-hydrogen) atoms. The number of carbonyl (C=O) groups is 3. The van der Waals surface area contributed by atoms with Crippen LogP contribution in [-0.2, 0) is 20.9 Å². The lowest BCUT2D eigenvalue weighted by atomic mass is 9.87. The van der Waals surface area contributed by atoms with Crippen molar-refractivity contribution in [2.24, 2.45) is 5.92 Å². The van der Waals surface area contributed by atoms with Crippen LogP contribution in [0.15, 0.2) is 81.2 Å². The van der Waals surface area contributed by atoms with Crippen LogP contribution < -0.4 is 15.1 Å². The molecule has 0 unspecified atom stereocenters. The minimum atomic E-state index is -0.818. The molecule has 2 aromatic carbocycles. The topological polar surface area (TPSA) is 122 Å². The van der Waals surface area contributed by atoms with Crippen molar-refractivity contribution in [2.75, 3.05) is 10.2 Å². The summed E-state index contributed by atoms with van der Waals surface area (Å²) in [5.41, 5.74) is 0.868. The van der Waals surface area contributed by atoms with Gasteiger partial charge in [0.15, 0.2) is 0 Å². The number of fused-ring (bicyclic) bond motifs is 2. The van der Waals surface area contributed by atoms with Gasteiger partial charge in [0.05, 0.1) is 33.7 Å². The number of aromatic nitrogens is 1. The lowest BCUT2D eigenvalue weighted by Crippen LogP contribution is -2.32. The number of benzene rings is 2. The van der Waals surface area contributed by atoms with E-state index in [1.54, 1.807) is 48.5 Å². The van der Waals surface area contributed by atoms with E-state index >= 15 is 0 Å². The van der Waals surface area contributed by atoms with Crippen LogP contribution >= 0.6 is 34.7 Å². The van der Waals surface area contributed by atoms with Crippen molar-refractivity contribution in [3.63, 3.8) is 0 Å². The Morgan fingerprint density at radius 2 is 1.76 bits per heavy atom. The van der Waals surface area contributed by atoms with Crippen molar-refractivity contribution in [2.45, 2.75) is 22.7 Å². The van der Waals surface area contributed by atoms with Gasteiger partial charge in [-0.2, -0.15) is 0 Å². The fourth-order valence-electron chi connectivity index (χ4n) is 4.76. The van der Waals surface area contributed by atoms with Gasteiger partial charge in [-0.25, -0.2) is 4.90 Å². The highest BCUT2D eigenvalue weighted by atomic mass is 35.5. The average molecular weight is 568 g/mol. The fourth-order valence-corrected chi connectivity index (χ4v) is 7.64. The molecule has 2 aliphatic heterocycles. The summed E-state index contributed by atoms with van der Waals surface area (Å²) in [6, 6.07) is 15.8. The number of thioether (sulfide) groups is 1. The summed E-state index contributed by atoms with van der Waals surface area (Å²) in [5.74, 6) is -2.19. The molecule has 2 aromatic heterocycles. The lowest BCUT2D eigenvalue weighted by Gasteiger charge is -2.29. The molecule has 2 N–H and O–H groups in total. The molecule has 1 saturated heterocycles. The average Bonchev–Trinajstić information content (AvgIpc) is 3.59. The summed E-state index contributed by atoms with van der Waals surface area (Å²) in [4.78, 5) is 54.6. The first-order chi connectivity index (χ1) is 18.3. The summed E-state index contributed by atoms with van der Waals surface area (Å²) < 4.78 is 7.01. The molecular formula is C26H18ClN3O6S2. The number of amides is 3. The number of carbonyl (C=O) groups excluding carboxylic acids is 3. The Labute approximate surface area is 228 Å². The van der Waals surface area contributed by atoms with Gasteiger partial charge in [0.25, 0.3) is 0 Å². The maximum atomic E-state index is 13.7. The van der Waals surface area contributed by atoms with E-state index in [0.717, 1.165) is 28.0 Å². The second-order valence-corrected chi connectivity index (χ2v) is 11.3. The number of rotatable bonds is 5. The molecule has 3 amide bonds. The molecule has 12 heteroatoms. The zero-order valence-electron chi connectivity index (χ0n) is 19.4. The highest BCUT2D eigenvalue weighted by Gasteiger charge is 2.57. The number of halogens is 1. The molecule has 0 spiro atoms. The first kappa shape index (κ1) is 24.5. The number of anilines is 2. The number of phenols is 1. The molecule has 2 aliphatic rings. The van der Waals surface area contributed by atoms with E-state index in [0.29, 0.717) is 32.1 Å². The van der Waals surface area contributed by atoms with E-state index in [9.17, 15) is 24.3 Å². The largest absolute Gasteiger partial charge is 0.508 e. The number of phenolic OH excluding ortho intramolecular Hbond substituents is 1. The fraction of sp³-hybridized carbons (Fsp3) is 0.154. The molecule has 0 aliphatic carbocycles. The Kier molecular flexibility index (Phi) is 6.13. The second kappa shape index (κ2) is 9.50. The quantitative estimate of drug-likeness (QED) is 0.272. The van der Waals surface area contributed by atoms with E-state index < -0.39 is 28.9 Å². The van der Waals surface area contributed by atoms with Gasteiger partial charge < -0.3 is 14.8 Å². The Bertz CT molecular complexity index is 1610. The van der Waals surface area contributed by atoms with Crippen LogP contribution in [-0.4, -0.2) is 32.6 Å². The van der Waals surface area contributed by atoms with Gasteiger partial charge in [-0.15, -0.1) is 0 Å². The normalized spacial score (nSPS) is 20.3. The van der Waals surface area contributed by atoms with Gasteiger partial charge in [-0.1, -0.05) is 34.7 Å². The zero-order valence-corrected chi connectivity index (χ0v) is 21.8. The van der Waals surface area contributed by atoms with E-state index in [2.05, 4.69) is 5.32 Å². The third-order valence-electron chi connectivity index (χ3n) is 6.44. The highest BCUT2D eigenvalue weighted by molar-refractivity contribution is 8.00. The number of thiazole rings is 1. The third-order valence-corrected chi connectivity index (χ3v) is 9.29. The SMILES string of the molecule is O=C(Cn1c2c(sc1=O)[C@@H](c1ccco1)[C@@H]1C(=O)N(c3ccc(Cl)cc3)C(=O)[C@@H]1S2)Nc1ccc(O)cc1. The minimum absolute atomic E-state index is 0.0597. The molecule has 9 nitrogen and oxygen atoms in total. The molecular weight excluding hydrogens is 550 g/mol. The Morgan fingerprint density at radius 1 is 1.03 bits per heavy atom. The van der Waals surface area contributed by atoms with Gasteiger partial charge in [-0.05, 0) is 60.7 Å². The molecule has 0 bridgehead atoms. The first-order valence-electron chi connectivity index (χ1n) is 11.5. The van der Waals surface area contributed by atoms with Gasteiger partial charge >= 0.3 is 4.87 Å². The number of hydrogen-bond donors (Lipinski definition) is 2. The molecule has 3 atom stereocenters. The van der Waals surface area contributed by atoms with Crippen molar-refractivity contribution in [3.8, 4) is 5.75 Å². The zero-order chi connectivity index (χ0) is 26.6. The number of nitrogens with one attached hydrogen (secondary N) is 1. The van der Waals surface area contributed by atoms with Crippen LogP contribution in [0.2, 0.25) is 5.02 Å². The number of furan rings is 1. The molecule has 6 rings (SSSR count). The summed E-state index contributed by atoms with van der Waals surface area (Å²) in [7, 11) is 0. The number of imide groups is 1. The van der Waals surface area contributed by atoms with Crippen LogP contribution in [0, 0.1) is 5.92 Å². The maximum Gasteiger partial charge on any atom is 0.308 e. The lowest BCUT2D eigenvalue weighted by molar-refractivity contribution is -0.122. The van der Waals surface area contributed by atoms with Crippen LogP contribution in [0.4, 0.5) is 11.4 Å². The Hall–Kier alpha value is -3.80. The van der Waals surface area contributed by atoms with Crippen LogP contribution in [0.5, 0.6) is 5.75 Å². The highest BCUT2D eigenvalue weighted by Crippen LogP contribution is 2.53. The predicted molar refractivity (Wildman–Crippen MR) is 143 cm³/mol. The number of aromatic hydroxyl groups is 1. The molecule has 1 fully saturated rings. The van der Waals surface area contributed by atoms with Crippen molar-refractivity contribution < 1.29 is 23.9 Å². The molecule has 4 aromatic rings. The molecule has 0 saturated carbocycles. The van der Waals surface area contributed by atoms with Crippen molar-refractivity contribution >= 4 is 63.8 Å². The Morgan fingerprint density at radius 3 is 2.45 bits per heavy atom. The van der Waals surface area contributed by atoms with E-state index in [4.69, 9.17) is 16.0 Å². The molecule has 192 valence electrons. The summed E-state index contributed by atoms with van der Waals surface area (Å²) >= 11 is 8.06. The second-order valence-electron chi connectivity index (χ2n) is 8.76. The third kappa shape index (κ3) is 4.12. The monoisotopic (exact) mass is 567 g/mol. The van der Waals surface area contributed by atoms with Gasteiger partial charge in [0, 0.05) is 10.7 Å². The van der Waals surface area contributed by atoms with E-state index in [-0.39, 0.29) is 23.1 Å². The van der Waals surface area contributed by atoms with Crippen molar-refractivity contribution in [1.29, 1.82) is 0 Å². The standard InChI is InChI=1S/C26H18ClN3O6S2/c27-13-3-7-15(8-4-13)30-23(33)20-19(17-2-1-11-36-17)22-25(37-21(20)24(30)34)29(26(35)38-22)12-18(32)28-14-5-9-16(31)10-6-14/h1-11,19-21,31H,12H2,(H,28,32)/t19-,20-,21+/m0/s1. The first-order valence-corrected chi connectivity index (χ1v) is 13.5. The predicted octanol–water partition coefficient (Wildman–Crippen LogP) is 4.30. The number of nitrogens with zero attached hydrogens (tertiary/aromatic N) is 2. The van der Waals surface area contributed by atoms with Gasteiger partial charge in [0.2, 0.25) is 17.7 Å². The van der Waals surface area contributed by atoms with Crippen molar-refractivity contribution in [1.82, 2.24) is 4.57 Å². The summed E-state index contributed by atoms with van der Waals surface area (Å²) in [5, 5.41) is 12.3. The van der Waals surface area contributed by atoms with Crippen LogP contribution in [0.3, 0.4) is 0 Å². The van der Waals surface area contributed by atoms with Crippen molar-refractivity contribution in [3.05, 3.63) is 92.3 Å². The van der Waals surface area contributed by atoms with Gasteiger partial charge in [0.1, 0.15) is 23.3 Å². The summed E-state index contributed by atoms with van der Waals surface area (Å²) in [6.45, 7) is -0.288. The Balaban J connectivity index is 1.38. The van der Waals surface area contributed by atoms with E-state index in [1.807, 2.05) is 0 Å².